The molecule has 0 atom stereocenters. The van der Waals surface area contributed by atoms with Crippen LogP contribution in [0.3, 0.4) is 0 Å². The number of carbonyl (C=O) groups excluding carboxylic acids is 1. The molecule has 0 spiro atoms. The third kappa shape index (κ3) is 4.21. The van der Waals surface area contributed by atoms with E-state index in [-0.39, 0.29) is 5.97 Å². The van der Waals surface area contributed by atoms with Crippen molar-refractivity contribution in [3.8, 4) is 0 Å². The lowest BCUT2D eigenvalue weighted by Gasteiger charge is -2.11. The fourth-order valence-corrected chi connectivity index (χ4v) is 1.03. The first-order valence-corrected chi connectivity index (χ1v) is 5.04. The van der Waals surface area contributed by atoms with Crippen LogP contribution in [0.15, 0.2) is 0 Å². The van der Waals surface area contributed by atoms with Gasteiger partial charge in [0.1, 0.15) is 0 Å². The summed E-state index contributed by atoms with van der Waals surface area (Å²) in [7, 11) is -0.856. The minimum absolute atomic E-state index is 0.153. The van der Waals surface area contributed by atoms with E-state index in [0.717, 1.165) is 0 Å². The van der Waals surface area contributed by atoms with Gasteiger partial charge in [0.15, 0.2) is 0 Å². The lowest BCUT2D eigenvalue weighted by atomic mass is 10.6. The molecule has 53 valence electrons. The summed E-state index contributed by atoms with van der Waals surface area (Å²) >= 11 is 0. The largest absolute Gasteiger partial charge is 0.518 e. The lowest BCUT2D eigenvalue weighted by molar-refractivity contribution is -0.132. The van der Waals surface area contributed by atoms with E-state index in [0.29, 0.717) is 5.54 Å². The summed E-state index contributed by atoms with van der Waals surface area (Å²) < 4.78 is 4.97. The van der Waals surface area contributed by atoms with Crippen LogP contribution in [0.25, 0.3) is 0 Å². The molecule has 3 heteroatoms. The molecule has 0 saturated heterocycles. The van der Waals surface area contributed by atoms with E-state index in [2.05, 4.69) is 13.8 Å². The Balaban J connectivity index is 3.50. The smallest absolute Gasteiger partial charge is 0.289 e. The molecular formula is C6H13O2Si. The Hall–Kier alpha value is -0.313. The Bertz CT molecular complexity index is 101. The van der Waals surface area contributed by atoms with E-state index >= 15 is 0 Å². The summed E-state index contributed by atoms with van der Waals surface area (Å²) in [6, 6.07) is 0. The molecule has 0 aliphatic heterocycles. The summed E-state index contributed by atoms with van der Waals surface area (Å²) in [5.41, 5.74) is 0.513. The highest BCUT2D eigenvalue weighted by molar-refractivity contribution is 6.53. The minimum atomic E-state index is -0.856. The highest BCUT2D eigenvalue weighted by Crippen LogP contribution is 2.07. The molecule has 0 unspecified atom stereocenters. The van der Waals surface area contributed by atoms with Crippen molar-refractivity contribution in [3.63, 3.8) is 0 Å². The minimum Gasteiger partial charge on any atom is -0.518 e. The van der Waals surface area contributed by atoms with Gasteiger partial charge < -0.3 is 4.43 Å². The second-order valence-corrected chi connectivity index (χ2v) is 4.94. The fourth-order valence-electron chi connectivity index (χ4n) is 0.345. The summed E-state index contributed by atoms with van der Waals surface area (Å²) in [6.45, 7) is 7.59. The van der Waals surface area contributed by atoms with Crippen molar-refractivity contribution in [3.05, 3.63) is 0 Å². The van der Waals surface area contributed by atoms with Crippen LogP contribution in [-0.4, -0.2) is 15.0 Å². The van der Waals surface area contributed by atoms with Crippen LogP contribution in [0.2, 0.25) is 12.1 Å². The zero-order valence-electron chi connectivity index (χ0n) is 6.39. The van der Waals surface area contributed by atoms with Crippen LogP contribution >= 0.6 is 0 Å². The van der Waals surface area contributed by atoms with Gasteiger partial charge in [-0.2, -0.15) is 0 Å². The lowest BCUT2D eigenvalue weighted by Crippen LogP contribution is -2.19. The number of hydrogen-bond acceptors (Lipinski definition) is 2. The second-order valence-electron chi connectivity index (χ2n) is 2.36. The Morgan fingerprint density at radius 1 is 1.56 bits per heavy atom. The highest BCUT2D eigenvalue weighted by Gasteiger charge is 2.13. The molecule has 0 aromatic heterocycles. The molecule has 0 bridgehead atoms. The molecule has 0 saturated carbocycles. The molecule has 0 aliphatic carbocycles. The van der Waals surface area contributed by atoms with Gasteiger partial charge in [-0.15, -0.1) is 0 Å². The molecule has 2 nitrogen and oxygen atoms in total. The average Bonchev–Trinajstić information content (AvgIpc) is 1.63. The zero-order valence-corrected chi connectivity index (χ0v) is 7.39. The number of carbonyl (C=O) groups is 1. The second kappa shape index (κ2) is 3.66. The molecule has 0 aromatic rings. The fraction of sp³-hybridized carbons (Fsp3) is 0.833. The average molecular weight is 145 g/mol. The van der Waals surface area contributed by atoms with E-state index in [4.69, 9.17) is 4.43 Å². The van der Waals surface area contributed by atoms with Gasteiger partial charge in [0.05, 0.1) is 0 Å². The molecule has 9 heavy (non-hydrogen) atoms. The highest BCUT2D eigenvalue weighted by atomic mass is 28.3. The van der Waals surface area contributed by atoms with Crippen molar-refractivity contribution < 1.29 is 9.22 Å². The van der Waals surface area contributed by atoms with Crippen LogP contribution < -0.4 is 0 Å². The first-order valence-electron chi connectivity index (χ1n) is 3.06. The number of rotatable bonds is 2. The maximum Gasteiger partial charge on any atom is 0.289 e. The predicted molar refractivity (Wildman–Crippen MR) is 38.5 cm³/mol. The predicted octanol–water partition coefficient (Wildman–Crippen LogP) is 1.58. The SMILES string of the molecule is CC(=O)O[Si](C)C(C)C. The monoisotopic (exact) mass is 145 g/mol. The van der Waals surface area contributed by atoms with Crippen molar-refractivity contribution in [1.82, 2.24) is 0 Å². The van der Waals surface area contributed by atoms with Crippen molar-refractivity contribution in [2.45, 2.75) is 32.9 Å². The van der Waals surface area contributed by atoms with E-state index in [1.807, 2.05) is 6.55 Å². The van der Waals surface area contributed by atoms with E-state index in [9.17, 15) is 4.79 Å². The Kier molecular flexibility index (Phi) is 3.54. The molecule has 0 aromatic carbocycles. The molecule has 0 aliphatic rings. The van der Waals surface area contributed by atoms with Crippen molar-refractivity contribution in [2.24, 2.45) is 0 Å². The van der Waals surface area contributed by atoms with Gasteiger partial charge >= 0.3 is 0 Å². The van der Waals surface area contributed by atoms with Crippen molar-refractivity contribution in [2.75, 3.05) is 0 Å². The van der Waals surface area contributed by atoms with Crippen LogP contribution in [0.5, 0.6) is 0 Å². The van der Waals surface area contributed by atoms with Crippen molar-refractivity contribution >= 4 is 15.0 Å². The summed E-state index contributed by atoms with van der Waals surface area (Å²) in [5.74, 6) is -0.153. The van der Waals surface area contributed by atoms with Crippen LogP contribution in [-0.2, 0) is 9.22 Å². The van der Waals surface area contributed by atoms with E-state index in [1.165, 1.54) is 6.92 Å². The first kappa shape index (κ1) is 8.69. The standard InChI is InChI=1S/C6H13O2Si/c1-5(2)9(4)8-6(3)7/h5H,1-4H3. The Labute approximate surface area is 57.9 Å². The third-order valence-electron chi connectivity index (χ3n) is 1.12. The van der Waals surface area contributed by atoms with Gasteiger partial charge in [-0.25, -0.2) is 0 Å². The van der Waals surface area contributed by atoms with Gasteiger partial charge in [-0.1, -0.05) is 13.8 Å². The van der Waals surface area contributed by atoms with E-state index in [1.54, 1.807) is 0 Å². The van der Waals surface area contributed by atoms with Crippen molar-refractivity contribution in [1.29, 1.82) is 0 Å². The molecular weight excluding hydrogens is 132 g/mol. The normalized spacial score (nSPS) is 10.4. The quantitative estimate of drug-likeness (QED) is 0.551. The molecule has 0 heterocycles. The zero-order chi connectivity index (χ0) is 7.44. The summed E-state index contributed by atoms with van der Waals surface area (Å²) in [6.07, 6.45) is 0. The van der Waals surface area contributed by atoms with Gasteiger partial charge in [0, 0.05) is 6.92 Å². The van der Waals surface area contributed by atoms with Crippen LogP contribution in [0.1, 0.15) is 20.8 Å². The topological polar surface area (TPSA) is 26.3 Å². The van der Waals surface area contributed by atoms with Gasteiger partial charge in [0.2, 0.25) is 0 Å². The first-order chi connectivity index (χ1) is 4.04. The Morgan fingerprint density at radius 3 is 2.11 bits per heavy atom. The maximum absolute atomic E-state index is 10.4. The maximum atomic E-state index is 10.4. The molecule has 0 rings (SSSR count). The summed E-state index contributed by atoms with van der Waals surface area (Å²) in [5, 5.41) is 0. The summed E-state index contributed by atoms with van der Waals surface area (Å²) in [4.78, 5) is 10.4. The molecule has 0 N–H and O–H groups in total. The van der Waals surface area contributed by atoms with Crippen LogP contribution in [0, 0.1) is 0 Å². The van der Waals surface area contributed by atoms with Gasteiger partial charge in [-0.05, 0) is 12.1 Å². The van der Waals surface area contributed by atoms with Gasteiger partial charge in [0.25, 0.3) is 15.0 Å². The Morgan fingerprint density at radius 2 is 2.00 bits per heavy atom. The molecule has 0 fully saturated rings. The third-order valence-corrected chi connectivity index (χ3v) is 3.35. The van der Waals surface area contributed by atoms with Crippen LogP contribution in [0.4, 0.5) is 0 Å². The number of hydrogen-bond donors (Lipinski definition) is 0. The molecule has 1 radical (unpaired) electrons. The van der Waals surface area contributed by atoms with E-state index < -0.39 is 9.04 Å². The molecule has 0 amide bonds. The van der Waals surface area contributed by atoms with Gasteiger partial charge in [-0.3, -0.25) is 4.79 Å².